The molecule has 1 amide bonds. The van der Waals surface area contributed by atoms with Crippen molar-refractivity contribution in [2.75, 3.05) is 19.8 Å². The maximum Gasteiger partial charge on any atom is 0.258 e. The fourth-order valence-electron chi connectivity index (χ4n) is 2.77. The van der Waals surface area contributed by atoms with Crippen LogP contribution in [0.4, 0.5) is 0 Å². The summed E-state index contributed by atoms with van der Waals surface area (Å²) in [6, 6.07) is 1.81. The molecule has 0 aromatic carbocycles. The molecule has 1 aliphatic heterocycles. The predicted molar refractivity (Wildman–Crippen MR) is 77.2 cm³/mol. The van der Waals surface area contributed by atoms with Crippen molar-refractivity contribution in [1.29, 1.82) is 0 Å². The highest BCUT2D eigenvalue weighted by atomic mass is 16.5. The quantitative estimate of drug-likeness (QED) is 0.804. The maximum atomic E-state index is 13.0. The van der Waals surface area contributed by atoms with Crippen molar-refractivity contribution >= 4 is 17.0 Å². The van der Waals surface area contributed by atoms with Crippen molar-refractivity contribution in [1.82, 2.24) is 15.0 Å². The summed E-state index contributed by atoms with van der Waals surface area (Å²) in [5.74, 6) is -0.0231. The predicted octanol–water partition coefficient (Wildman–Crippen LogP) is 2.09. The number of pyridine rings is 1. The summed E-state index contributed by atoms with van der Waals surface area (Å²) in [6.07, 6.45) is 0. The molecule has 1 fully saturated rings. The number of fused-ring (bicyclic) bond motifs is 1. The smallest absolute Gasteiger partial charge is 0.258 e. The summed E-state index contributed by atoms with van der Waals surface area (Å²) in [6.45, 7) is 9.37. The number of amides is 1. The highest BCUT2D eigenvalue weighted by molar-refractivity contribution is 6.06. The van der Waals surface area contributed by atoms with Gasteiger partial charge in [-0.1, -0.05) is 5.16 Å². The van der Waals surface area contributed by atoms with Gasteiger partial charge in [0.25, 0.3) is 11.6 Å². The van der Waals surface area contributed by atoms with Crippen molar-refractivity contribution in [3.8, 4) is 0 Å². The molecule has 0 saturated carbocycles. The molecule has 6 nitrogen and oxygen atoms in total. The fourth-order valence-corrected chi connectivity index (χ4v) is 2.77. The van der Waals surface area contributed by atoms with Gasteiger partial charge in [0.2, 0.25) is 0 Å². The van der Waals surface area contributed by atoms with Crippen LogP contribution >= 0.6 is 0 Å². The van der Waals surface area contributed by atoms with E-state index in [1.165, 1.54) is 0 Å². The van der Waals surface area contributed by atoms with E-state index in [1.54, 1.807) is 6.07 Å². The summed E-state index contributed by atoms with van der Waals surface area (Å²) in [4.78, 5) is 19.2. The molecule has 0 aliphatic carbocycles. The van der Waals surface area contributed by atoms with Crippen LogP contribution in [0.5, 0.6) is 0 Å². The Bertz CT molecular complexity index is 705. The van der Waals surface area contributed by atoms with Gasteiger partial charge in [0.05, 0.1) is 35.4 Å². The van der Waals surface area contributed by atoms with Crippen molar-refractivity contribution in [2.45, 2.75) is 33.2 Å². The number of morpholine rings is 1. The highest BCUT2D eigenvalue weighted by Gasteiger charge is 2.35. The summed E-state index contributed by atoms with van der Waals surface area (Å²) < 4.78 is 10.7. The van der Waals surface area contributed by atoms with E-state index >= 15 is 0 Å². The lowest BCUT2D eigenvalue weighted by molar-refractivity contribution is -0.0369. The third kappa shape index (κ3) is 2.29. The van der Waals surface area contributed by atoms with Crippen molar-refractivity contribution in [2.24, 2.45) is 0 Å². The first-order valence-electron chi connectivity index (χ1n) is 7.03. The van der Waals surface area contributed by atoms with Gasteiger partial charge < -0.3 is 14.2 Å². The molecule has 0 spiro atoms. The molecule has 1 aliphatic rings. The van der Waals surface area contributed by atoms with E-state index in [9.17, 15) is 4.79 Å². The third-order valence-electron chi connectivity index (χ3n) is 3.87. The first-order chi connectivity index (χ1) is 9.90. The van der Waals surface area contributed by atoms with Gasteiger partial charge in [-0.2, -0.15) is 0 Å². The van der Waals surface area contributed by atoms with E-state index in [0.717, 1.165) is 5.69 Å². The Hall–Kier alpha value is -1.95. The number of carbonyl (C=O) groups is 1. The van der Waals surface area contributed by atoms with Crippen LogP contribution in [0.1, 0.15) is 35.6 Å². The van der Waals surface area contributed by atoms with Crippen molar-refractivity contribution in [3.63, 3.8) is 0 Å². The standard InChI is InChI=1S/C15H19N3O3/c1-9-7-11(12-10(2)17-21-13(12)16-9)14(19)18-5-6-20-8-15(18,3)4/h7H,5-6,8H2,1-4H3. The van der Waals surface area contributed by atoms with Gasteiger partial charge in [-0.15, -0.1) is 0 Å². The zero-order chi connectivity index (χ0) is 15.2. The minimum absolute atomic E-state index is 0.0231. The van der Waals surface area contributed by atoms with Crippen molar-refractivity contribution < 1.29 is 14.1 Å². The number of aryl methyl sites for hydroxylation is 2. The second kappa shape index (κ2) is 4.80. The van der Waals surface area contributed by atoms with Gasteiger partial charge in [0.15, 0.2) is 0 Å². The molecule has 0 radical (unpaired) electrons. The molecular formula is C15H19N3O3. The van der Waals surface area contributed by atoms with Crippen LogP contribution in [0.2, 0.25) is 0 Å². The number of ether oxygens (including phenoxy) is 1. The van der Waals surface area contributed by atoms with Gasteiger partial charge in [0.1, 0.15) is 0 Å². The SMILES string of the molecule is Cc1cc(C(=O)N2CCOCC2(C)C)c2c(C)noc2n1. The fraction of sp³-hybridized carbons (Fsp3) is 0.533. The van der Waals surface area contributed by atoms with E-state index < -0.39 is 0 Å². The van der Waals surface area contributed by atoms with Crippen LogP contribution in [0.3, 0.4) is 0 Å². The first kappa shape index (κ1) is 14.0. The van der Waals surface area contributed by atoms with Crippen LogP contribution in [0.15, 0.2) is 10.6 Å². The largest absolute Gasteiger partial charge is 0.377 e. The van der Waals surface area contributed by atoms with Gasteiger partial charge in [-0.05, 0) is 33.8 Å². The Labute approximate surface area is 123 Å². The summed E-state index contributed by atoms with van der Waals surface area (Å²) in [7, 11) is 0. The average Bonchev–Trinajstić information content (AvgIpc) is 2.78. The van der Waals surface area contributed by atoms with Gasteiger partial charge in [-0.25, -0.2) is 4.98 Å². The number of rotatable bonds is 1. The van der Waals surface area contributed by atoms with E-state index in [2.05, 4.69) is 10.1 Å². The first-order valence-corrected chi connectivity index (χ1v) is 7.03. The lowest BCUT2D eigenvalue weighted by Gasteiger charge is -2.42. The Balaban J connectivity index is 2.11. The molecule has 0 N–H and O–H groups in total. The normalized spacial score (nSPS) is 18.2. The van der Waals surface area contributed by atoms with Crippen LogP contribution in [0.25, 0.3) is 11.1 Å². The Morgan fingerprint density at radius 1 is 1.38 bits per heavy atom. The summed E-state index contributed by atoms with van der Waals surface area (Å²) in [5, 5.41) is 4.63. The molecule has 3 rings (SSSR count). The lowest BCUT2D eigenvalue weighted by atomic mass is 9.99. The number of aromatic nitrogens is 2. The maximum absolute atomic E-state index is 13.0. The molecule has 2 aromatic rings. The van der Waals surface area contributed by atoms with Crippen LogP contribution in [-0.4, -0.2) is 46.2 Å². The molecule has 0 unspecified atom stereocenters. The second-order valence-electron chi connectivity index (χ2n) is 6.08. The van der Waals surface area contributed by atoms with E-state index in [1.807, 2.05) is 32.6 Å². The Morgan fingerprint density at radius 3 is 2.86 bits per heavy atom. The van der Waals surface area contributed by atoms with Gasteiger partial charge in [-0.3, -0.25) is 4.79 Å². The monoisotopic (exact) mass is 289 g/mol. The summed E-state index contributed by atoms with van der Waals surface area (Å²) >= 11 is 0. The Morgan fingerprint density at radius 2 is 2.14 bits per heavy atom. The number of hydrogen-bond donors (Lipinski definition) is 0. The zero-order valence-electron chi connectivity index (χ0n) is 12.8. The number of nitrogens with zero attached hydrogens (tertiary/aromatic N) is 3. The molecule has 21 heavy (non-hydrogen) atoms. The lowest BCUT2D eigenvalue weighted by Crippen LogP contribution is -2.55. The van der Waals surface area contributed by atoms with Crippen LogP contribution < -0.4 is 0 Å². The second-order valence-corrected chi connectivity index (χ2v) is 6.08. The van der Waals surface area contributed by atoms with Crippen LogP contribution in [-0.2, 0) is 4.74 Å². The molecule has 3 heterocycles. The Kier molecular flexibility index (Phi) is 3.20. The topological polar surface area (TPSA) is 68.5 Å². The van der Waals surface area contributed by atoms with E-state index in [0.29, 0.717) is 42.1 Å². The third-order valence-corrected chi connectivity index (χ3v) is 3.87. The molecule has 112 valence electrons. The number of hydrogen-bond acceptors (Lipinski definition) is 5. The van der Waals surface area contributed by atoms with E-state index in [-0.39, 0.29) is 11.4 Å². The van der Waals surface area contributed by atoms with Crippen LogP contribution in [0, 0.1) is 13.8 Å². The summed E-state index contributed by atoms with van der Waals surface area (Å²) in [5.41, 5.74) is 2.12. The van der Waals surface area contributed by atoms with E-state index in [4.69, 9.17) is 9.26 Å². The minimum atomic E-state index is -0.329. The zero-order valence-corrected chi connectivity index (χ0v) is 12.8. The number of carbonyl (C=O) groups excluding carboxylic acids is 1. The molecule has 2 aromatic heterocycles. The van der Waals surface area contributed by atoms with Gasteiger partial charge >= 0.3 is 0 Å². The molecule has 0 atom stereocenters. The minimum Gasteiger partial charge on any atom is -0.377 e. The molecule has 6 heteroatoms. The highest BCUT2D eigenvalue weighted by Crippen LogP contribution is 2.27. The molecule has 0 bridgehead atoms. The molecule has 1 saturated heterocycles. The van der Waals surface area contributed by atoms with Gasteiger partial charge in [0, 0.05) is 12.2 Å². The molecular weight excluding hydrogens is 270 g/mol. The van der Waals surface area contributed by atoms with Crippen molar-refractivity contribution in [3.05, 3.63) is 23.0 Å². The average molecular weight is 289 g/mol.